The van der Waals surface area contributed by atoms with E-state index in [-0.39, 0.29) is 16.3 Å². The summed E-state index contributed by atoms with van der Waals surface area (Å²) >= 11 is 2.93. The summed E-state index contributed by atoms with van der Waals surface area (Å²) in [5.41, 5.74) is 3.20. The van der Waals surface area contributed by atoms with Crippen LogP contribution in [0, 0.1) is 0 Å². The number of carbonyl (C=O) groups excluding carboxylic acids is 2. The van der Waals surface area contributed by atoms with E-state index in [1.807, 2.05) is 29.6 Å². The molecule has 3 rings (SSSR count). The summed E-state index contributed by atoms with van der Waals surface area (Å²) in [6.45, 7) is 2.16. The highest BCUT2D eigenvalue weighted by Crippen LogP contribution is 2.31. The maximum Gasteiger partial charge on any atom is 0.228 e. The number of nitrogens with zero attached hydrogens (tertiary/aromatic N) is 1. The number of benzene rings is 1. The van der Waals surface area contributed by atoms with Crippen LogP contribution in [0.4, 0.5) is 5.69 Å². The molecule has 0 bridgehead atoms. The van der Waals surface area contributed by atoms with Gasteiger partial charge in [-0.1, -0.05) is 23.9 Å². The number of thiophene rings is 1. The smallest absolute Gasteiger partial charge is 0.228 e. The SMILES string of the molecule is CC(=O)SC1CC(=O)N(c2cccc(-c3ccsc3)c2)C1. The topological polar surface area (TPSA) is 37.4 Å². The first kappa shape index (κ1) is 14.4. The van der Waals surface area contributed by atoms with Crippen LogP contribution in [0.2, 0.25) is 0 Å². The van der Waals surface area contributed by atoms with Gasteiger partial charge < -0.3 is 4.90 Å². The average molecular weight is 317 g/mol. The first-order valence-electron chi connectivity index (χ1n) is 6.74. The summed E-state index contributed by atoms with van der Waals surface area (Å²) in [6.07, 6.45) is 0.437. The third-order valence-corrected chi connectivity index (χ3v) is 5.10. The predicted molar refractivity (Wildman–Crippen MR) is 88.8 cm³/mol. The van der Waals surface area contributed by atoms with Gasteiger partial charge in [-0.25, -0.2) is 0 Å². The van der Waals surface area contributed by atoms with Gasteiger partial charge in [-0.05, 0) is 40.1 Å². The summed E-state index contributed by atoms with van der Waals surface area (Å²) in [6, 6.07) is 10.1. The maximum absolute atomic E-state index is 12.2. The third kappa shape index (κ3) is 3.19. The second-order valence-electron chi connectivity index (χ2n) is 5.00. The van der Waals surface area contributed by atoms with Gasteiger partial charge in [0, 0.05) is 30.8 Å². The van der Waals surface area contributed by atoms with Crippen LogP contribution in [0.1, 0.15) is 13.3 Å². The van der Waals surface area contributed by atoms with E-state index in [0.717, 1.165) is 11.3 Å². The van der Waals surface area contributed by atoms with Crippen LogP contribution in [0.5, 0.6) is 0 Å². The Hall–Kier alpha value is -1.59. The highest BCUT2D eigenvalue weighted by atomic mass is 32.2. The number of hydrogen-bond donors (Lipinski definition) is 0. The molecular weight excluding hydrogens is 302 g/mol. The van der Waals surface area contributed by atoms with Crippen molar-refractivity contribution < 1.29 is 9.59 Å². The van der Waals surface area contributed by atoms with Crippen molar-refractivity contribution in [3.05, 3.63) is 41.1 Å². The standard InChI is InChI=1S/C16H15NO2S2/c1-11(18)21-15-8-16(19)17(9-15)14-4-2-3-12(7-14)13-5-6-20-10-13/h2-7,10,15H,8-9H2,1H3. The number of anilines is 1. The van der Waals surface area contributed by atoms with Crippen molar-refractivity contribution in [3.8, 4) is 11.1 Å². The van der Waals surface area contributed by atoms with Crippen LogP contribution >= 0.6 is 23.1 Å². The summed E-state index contributed by atoms with van der Waals surface area (Å²) in [5.74, 6) is 0.0937. The Kier molecular flexibility index (Phi) is 4.12. The Morgan fingerprint density at radius 1 is 1.33 bits per heavy atom. The fourth-order valence-electron chi connectivity index (χ4n) is 2.52. The van der Waals surface area contributed by atoms with Gasteiger partial charge in [0.15, 0.2) is 5.12 Å². The van der Waals surface area contributed by atoms with E-state index in [4.69, 9.17) is 0 Å². The van der Waals surface area contributed by atoms with Gasteiger partial charge >= 0.3 is 0 Å². The largest absolute Gasteiger partial charge is 0.311 e. The van der Waals surface area contributed by atoms with Gasteiger partial charge in [-0.2, -0.15) is 11.3 Å². The first-order valence-corrected chi connectivity index (χ1v) is 8.56. The highest BCUT2D eigenvalue weighted by molar-refractivity contribution is 8.14. The molecule has 1 aromatic heterocycles. The molecule has 0 aliphatic carbocycles. The second-order valence-corrected chi connectivity index (χ2v) is 7.26. The second kappa shape index (κ2) is 6.03. The zero-order chi connectivity index (χ0) is 14.8. The molecule has 0 saturated carbocycles. The monoisotopic (exact) mass is 317 g/mol. The predicted octanol–water partition coefficient (Wildman–Crippen LogP) is 3.80. The minimum Gasteiger partial charge on any atom is -0.311 e. The molecule has 3 nitrogen and oxygen atoms in total. The lowest BCUT2D eigenvalue weighted by molar-refractivity contribution is -0.117. The number of thioether (sulfide) groups is 1. The molecule has 0 N–H and O–H groups in total. The normalized spacial score (nSPS) is 18.2. The molecule has 1 saturated heterocycles. The molecular formula is C16H15NO2S2. The van der Waals surface area contributed by atoms with E-state index in [2.05, 4.69) is 11.4 Å². The molecule has 1 aliphatic rings. The van der Waals surface area contributed by atoms with E-state index in [1.165, 1.54) is 17.3 Å². The zero-order valence-corrected chi connectivity index (χ0v) is 13.2. The van der Waals surface area contributed by atoms with Crippen molar-refractivity contribution in [3.63, 3.8) is 0 Å². The quantitative estimate of drug-likeness (QED) is 0.864. The fourth-order valence-corrected chi connectivity index (χ4v) is 4.10. The molecule has 1 unspecified atom stereocenters. The van der Waals surface area contributed by atoms with E-state index in [1.54, 1.807) is 23.2 Å². The fraction of sp³-hybridized carbons (Fsp3) is 0.250. The van der Waals surface area contributed by atoms with Crippen molar-refractivity contribution in [2.75, 3.05) is 11.4 Å². The van der Waals surface area contributed by atoms with Crippen molar-refractivity contribution in [1.82, 2.24) is 0 Å². The van der Waals surface area contributed by atoms with Crippen molar-refractivity contribution >= 4 is 39.8 Å². The zero-order valence-electron chi connectivity index (χ0n) is 11.6. The third-order valence-electron chi connectivity index (χ3n) is 3.43. The molecule has 1 aliphatic heterocycles. The maximum atomic E-state index is 12.2. The lowest BCUT2D eigenvalue weighted by Crippen LogP contribution is -2.24. The van der Waals surface area contributed by atoms with Gasteiger partial charge in [-0.3, -0.25) is 9.59 Å². The van der Waals surface area contributed by atoms with Crippen LogP contribution in [0.25, 0.3) is 11.1 Å². The van der Waals surface area contributed by atoms with Crippen LogP contribution in [0.15, 0.2) is 41.1 Å². The Bertz CT molecular complexity index is 667. The van der Waals surface area contributed by atoms with Crippen LogP contribution in [-0.4, -0.2) is 22.8 Å². The van der Waals surface area contributed by atoms with E-state index in [0.29, 0.717) is 13.0 Å². The van der Waals surface area contributed by atoms with Gasteiger partial charge in [0.1, 0.15) is 0 Å². The minimum atomic E-state index is 0.0693. The summed E-state index contributed by atoms with van der Waals surface area (Å²) in [5, 5.41) is 4.28. The molecule has 1 aromatic carbocycles. The lowest BCUT2D eigenvalue weighted by Gasteiger charge is -2.17. The molecule has 5 heteroatoms. The molecule has 108 valence electrons. The molecule has 1 atom stereocenters. The first-order chi connectivity index (χ1) is 10.1. The number of carbonyl (C=O) groups is 2. The molecule has 0 spiro atoms. The van der Waals surface area contributed by atoms with Gasteiger partial charge in [0.25, 0.3) is 0 Å². The van der Waals surface area contributed by atoms with Crippen LogP contribution < -0.4 is 4.90 Å². The van der Waals surface area contributed by atoms with Crippen molar-refractivity contribution in [1.29, 1.82) is 0 Å². The Morgan fingerprint density at radius 2 is 2.19 bits per heavy atom. The lowest BCUT2D eigenvalue weighted by atomic mass is 10.1. The molecule has 1 amide bonds. The van der Waals surface area contributed by atoms with E-state index >= 15 is 0 Å². The molecule has 2 aromatic rings. The summed E-state index contributed by atoms with van der Waals surface area (Å²) < 4.78 is 0. The molecule has 1 fully saturated rings. The Balaban J connectivity index is 1.82. The molecule has 21 heavy (non-hydrogen) atoms. The number of amides is 1. The highest BCUT2D eigenvalue weighted by Gasteiger charge is 2.31. The number of rotatable bonds is 3. The molecule has 0 radical (unpaired) electrons. The van der Waals surface area contributed by atoms with Gasteiger partial charge in [-0.15, -0.1) is 0 Å². The summed E-state index contributed by atoms with van der Waals surface area (Å²) in [7, 11) is 0. The van der Waals surface area contributed by atoms with Crippen LogP contribution in [-0.2, 0) is 9.59 Å². The number of hydrogen-bond acceptors (Lipinski definition) is 4. The van der Waals surface area contributed by atoms with Crippen LogP contribution in [0.3, 0.4) is 0 Å². The minimum absolute atomic E-state index is 0.0693. The van der Waals surface area contributed by atoms with Crippen molar-refractivity contribution in [2.45, 2.75) is 18.6 Å². The van der Waals surface area contributed by atoms with Gasteiger partial charge in [0.2, 0.25) is 5.91 Å². The Labute approximate surface area is 132 Å². The van der Waals surface area contributed by atoms with Crippen molar-refractivity contribution in [2.24, 2.45) is 0 Å². The summed E-state index contributed by atoms with van der Waals surface area (Å²) in [4.78, 5) is 25.1. The van der Waals surface area contributed by atoms with Gasteiger partial charge in [0.05, 0.1) is 0 Å². The van der Waals surface area contributed by atoms with E-state index in [9.17, 15) is 9.59 Å². The average Bonchev–Trinajstić information content (AvgIpc) is 3.08. The molecule has 2 heterocycles. The Morgan fingerprint density at radius 3 is 2.90 bits per heavy atom. The van der Waals surface area contributed by atoms with E-state index < -0.39 is 0 Å².